The van der Waals surface area contributed by atoms with E-state index in [1.165, 1.54) is 25.7 Å². The van der Waals surface area contributed by atoms with Crippen LogP contribution in [0.5, 0.6) is 0 Å². The van der Waals surface area contributed by atoms with E-state index >= 15 is 0 Å². The third-order valence-corrected chi connectivity index (χ3v) is 3.28. The standard InChI is InChI=1S/C12H24N2/c1-4-7-11(13)14-10-8-5-6-9-12(10,2)3/h10H,4-9H2,1-3H3,(H2,13,14). The van der Waals surface area contributed by atoms with Crippen molar-refractivity contribution in [3.8, 4) is 0 Å². The van der Waals surface area contributed by atoms with Gasteiger partial charge >= 0.3 is 0 Å². The van der Waals surface area contributed by atoms with E-state index in [4.69, 9.17) is 5.73 Å². The average Bonchev–Trinajstić information content (AvgIpc) is 2.09. The van der Waals surface area contributed by atoms with Gasteiger partial charge in [-0.1, -0.05) is 33.6 Å². The van der Waals surface area contributed by atoms with Crippen LogP contribution in [0.2, 0.25) is 0 Å². The van der Waals surface area contributed by atoms with Gasteiger partial charge < -0.3 is 5.73 Å². The zero-order valence-corrected chi connectivity index (χ0v) is 9.84. The third kappa shape index (κ3) is 3.00. The fraction of sp³-hybridized carbons (Fsp3) is 0.917. The highest BCUT2D eigenvalue weighted by Gasteiger charge is 2.31. The van der Waals surface area contributed by atoms with Crippen LogP contribution in [0.4, 0.5) is 0 Å². The van der Waals surface area contributed by atoms with E-state index in [0.717, 1.165) is 18.7 Å². The molecule has 14 heavy (non-hydrogen) atoms. The van der Waals surface area contributed by atoms with Crippen LogP contribution in [-0.2, 0) is 0 Å². The van der Waals surface area contributed by atoms with E-state index in [0.29, 0.717) is 11.5 Å². The van der Waals surface area contributed by atoms with Gasteiger partial charge in [0, 0.05) is 6.42 Å². The number of rotatable bonds is 3. The number of hydrogen-bond donors (Lipinski definition) is 1. The van der Waals surface area contributed by atoms with Crippen molar-refractivity contribution in [3.05, 3.63) is 0 Å². The van der Waals surface area contributed by atoms with Gasteiger partial charge in [-0.05, 0) is 24.7 Å². The Labute approximate surface area is 88.0 Å². The molecule has 1 aliphatic carbocycles. The molecule has 0 aromatic rings. The van der Waals surface area contributed by atoms with Crippen molar-refractivity contribution >= 4 is 5.84 Å². The maximum absolute atomic E-state index is 5.89. The summed E-state index contributed by atoms with van der Waals surface area (Å²) in [4.78, 5) is 4.67. The van der Waals surface area contributed by atoms with Crippen LogP contribution in [0.25, 0.3) is 0 Å². The number of hydrogen-bond acceptors (Lipinski definition) is 1. The van der Waals surface area contributed by atoms with Crippen molar-refractivity contribution in [3.63, 3.8) is 0 Å². The van der Waals surface area contributed by atoms with Gasteiger partial charge in [0.25, 0.3) is 0 Å². The minimum atomic E-state index is 0.358. The lowest BCUT2D eigenvalue weighted by molar-refractivity contribution is 0.203. The summed E-state index contributed by atoms with van der Waals surface area (Å²) in [7, 11) is 0. The molecule has 1 atom stereocenters. The molecular weight excluding hydrogens is 172 g/mol. The highest BCUT2D eigenvalue weighted by Crippen LogP contribution is 2.37. The van der Waals surface area contributed by atoms with E-state index in [2.05, 4.69) is 25.8 Å². The van der Waals surface area contributed by atoms with Gasteiger partial charge in [0.1, 0.15) is 0 Å². The molecule has 0 aliphatic heterocycles. The minimum absolute atomic E-state index is 0.358. The Kier molecular flexibility index (Phi) is 3.97. The minimum Gasteiger partial charge on any atom is -0.387 e. The molecule has 0 amide bonds. The van der Waals surface area contributed by atoms with Gasteiger partial charge in [-0.25, -0.2) is 0 Å². The van der Waals surface area contributed by atoms with Crippen LogP contribution in [0, 0.1) is 5.41 Å². The summed E-state index contributed by atoms with van der Waals surface area (Å²) in [6, 6.07) is 0.461. The number of nitrogens with zero attached hydrogens (tertiary/aromatic N) is 1. The van der Waals surface area contributed by atoms with Gasteiger partial charge in [0.15, 0.2) is 0 Å². The van der Waals surface area contributed by atoms with E-state index in [1.54, 1.807) is 0 Å². The molecule has 1 fully saturated rings. The predicted octanol–water partition coefficient (Wildman–Crippen LogP) is 3.11. The molecule has 1 aliphatic rings. The molecule has 2 N–H and O–H groups in total. The molecule has 1 unspecified atom stereocenters. The summed E-state index contributed by atoms with van der Waals surface area (Å²) >= 11 is 0. The fourth-order valence-corrected chi connectivity index (χ4v) is 2.24. The smallest absolute Gasteiger partial charge is 0.0940 e. The lowest BCUT2D eigenvalue weighted by Crippen LogP contribution is -2.33. The molecule has 82 valence electrons. The molecule has 0 bridgehead atoms. The first-order valence-corrected chi connectivity index (χ1v) is 5.88. The lowest BCUT2D eigenvalue weighted by atomic mass is 9.73. The highest BCUT2D eigenvalue weighted by atomic mass is 14.9. The van der Waals surface area contributed by atoms with E-state index in [1.807, 2.05) is 0 Å². The maximum Gasteiger partial charge on any atom is 0.0940 e. The molecule has 0 radical (unpaired) electrons. The van der Waals surface area contributed by atoms with Crippen molar-refractivity contribution in [1.82, 2.24) is 0 Å². The zero-order chi connectivity index (χ0) is 10.6. The van der Waals surface area contributed by atoms with Crippen molar-refractivity contribution in [2.75, 3.05) is 0 Å². The maximum atomic E-state index is 5.89. The number of amidine groups is 1. The van der Waals surface area contributed by atoms with Gasteiger partial charge in [-0.2, -0.15) is 0 Å². The van der Waals surface area contributed by atoms with E-state index < -0.39 is 0 Å². The number of nitrogens with two attached hydrogens (primary N) is 1. The second-order valence-electron chi connectivity index (χ2n) is 5.12. The van der Waals surface area contributed by atoms with Crippen LogP contribution in [-0.4, -0.2) is 11.9 Å². The Morgan fingerprint density at radius 1 is 1.43 bits per heavy atom. The van der Waals surface area contributed by atoms with Crippen LogP contribution in [0.15, 0.2) is 4.99 Å². The first-order chi connectivity index (χ1) is 6.56. The van der Waals surface area contributed by atoms with Crippen LogP contribution < -0.4 is 5.73 Å². The van der Waals surface area contributed by atoms with Crippen molar-refractivity contribution < 1.29 is 0 Å². The lowest BCUT2D eigenvalue weighted by Gasteiger charge is -2.36. The Balaban J connectivity index is 2.61. The molecule has 0 aromatic heterocycles. The van der Waals surface area contributed by atoms with Crippen LogP contribution in [0.1, 0.15) is 59.3 Å². The van der Waals surface area contributed by atoms with Crippen LogP contribution in [0.3, 0.4) is 0 Å². The summed E-state index contributed by atoms with van der Waals surface area (Å²) in [6.45, 7) is 6.79. The third-order valence-electron chi connectivity index (χ3n) is 3.28. The monoisotopic (exact) mass is 196 g/mol. The molecule has 0 heterocycles. The second kappa shape index (κ2) is 4.81. The molecule has 1 rings (SSSR count). The van der Waals surface area contributed by atoms with Crippen molar-refractivity contribution in [2.24, 2.45) is 16.1 Å². The Hall–Kier alpha value is -0.530. The van der Waals surface area contributed by atoms with Gasteiger partial charge in [0.05, 0.1) is 11.9 Å². The SMILES string of the molecule is CCCC(N)=NC1CCCCC1(C)C. The first kappa shape index (κ1) is 11.5. The quantitative estimate of drug-likeness (QED) is 0.546. The van der Waals surface area contributed by atoms with E-state index in [9.17, 15) is 0 Å². The summed E-state index contributed by atoms with van der Waals surface area (Å²) in [6.07, 6.45) is 7.23. The fourth-order valence-electron chi connectivity index (χ4n) is 2.24. The summed E-state index contributed by atoms with van der Waals surface area (Å²) in [5.41, 5.74) is 6.24. The molecule has 0 spiro atoms. The highest BCUT2D eigenvalue weighted by molar-refractivity contribution is 5.80. The number of aliphatic imine (C=N–C) groups is 1. The van der Waals surface area contributed by atoms with Gasteiger partial charge in [0.2, 0.25) is 0 Å². The molecule has 2 nitrogen and oxygen atoms in total. The topological polar surface area (TPSA) is 38.4 Å². The normalized spacial score (nSPS) is 27.6. The molecule has 1 saturated carbocycles. The second-order valence-corrected chi connectivity index (χ2v) is 5.12. The van der Waals surface area contributed by atoms with E-state index in [-0.39, 0.29) is 0 Å². The first-order valence-electron chi connectivity index (χ1n) is 5.88. The summed E-state index contributed by atoms with van der Waals surface area (Å²) in [5, 5.41) is 0. The average molecular weight is 196 g/mol. The Morgan fingerprint density at radius 3 is 2.71 bits per heavy atom. The Bertz CT molecular complexity index is 206. The summed E-state index contributed by atoms with van der Waals surface area (Å²) < 4.78 is 0. The van der Waals surface area contributed by atoms with Crippen LogP contribution >= 0.6 is 0 Å². The van der Waals surface area contributed by atoms with Gasteiger partial charge in [-0.3, -0.25) is 4.99 Å². The molecular formula is C12H24N2. The largest absolute Gasteiger partial charge is 0.387 e. The zero-order valence-electron chi connectivity index (χ0n) is 9.84. The molecule has 0 aromatic carbocycles. The van der Waals surface area contributed by atoms with Crippen molar-refractivity contribution in [2.45, 2.75) is 65.3 Å². The Morgan fingerprint density at radius 2 is 2.14 bits per heavy atom. The summed E-state index contributed by atoms with van der Waals surface area (Å²) in [5.74, 6) is 0.854. The van der Waals surface area contributed by atoms with Gasteiger partial charge in [-0.15, -0.1) is 0 Å². The van der Waals surface area contributed by atoms with Crippen molar-refractivity contribution in [1.29, 1.82) is 0 Å². The molecule has 2 heteroatoms. The molecule has 0 saturated heterocycles. The predicted molar refractivity (Wildman–Crippen MR) is 62.6 cm³/mol.